The zero-order valence-electron chi connectivity index (χ0n) is 13.1. The molecule has 4 nitrogen and oxygen atoms in total. The van der Waals surface area contributed by atoms with Crippen molar-refractivity contribution in [2.75, 3.05) is 5.32 Å². The summed E-state index contributed by atoms with van der Waals surface area (Å²) < 4.78 is 0. The number of carbonyl (C=O) groups excluding carboxylic acids is 1. The normalized spacial score (nSPS) is 11.0. The van der Waals surface area contributed by atoms with Crippen LogP contribution in [0.2, 0.25) is 0 Å². The van der Waals surface area contributed by atoms with Gasteiger partial charge in [0.05, 0.1) is 5.41 Å². The number of amides is 1. The molecule has 0 saturated carbocycles. The molecule has 1 rings (SSSR count). The summed E-state index contributed by atoms with van der Waals surface area (Å²) in [5, 5.41) is 12.0. The Morgan fingerprint density at radius 3 is 2.09 bits per heavy atom. The fraction of sp³-hybridized carbons (Fsp3) is 0.333. The smallest absolute Gasteiger partial charge is 0.313 e. The van der Waals surface area contributed by atoms with Gasteiger partial charge in [0.25, 0.3) is 0 Å². The van der Waals surface area contributed by atoms with Crippen molar-refractivity contribution >= 4 is 17.6 Å². The first-order valence-corrected chi connectivity index (χ1v) is 7.19. The van der Waals surface area contributed by atoms with Crippen LogP contribution in [-0.4, -0.2) is 17.0 Å². The van der Waals surface area contributed by atoms with E-state index in [4.69, 9.17) is 0 Å². The Labute approximate surface area is 131 Å². The Hall–Kier alpha value is -2.36. The Bertz CT molecular complexity index is 548. The highest BCUT2D eigenvalue weighted by Gasteiger charge is 2.29. The predicted octanol–water partition coefficient (Wildman–Crippen LogP) is 3.76. The van der Waals surface area contributed by atoms with Crippen LogP contribution in [0, 0.1) is 5.92 Å². The lowest BCUT2D eigenvalue weighted by atomic mass is 9.85. The third-order valence-corrected chi connectivity index (χ3v) is 3.68. The molecule has 1 aromatic carbocycles. The Balaban J connectivity index is 2.83. The Kier molecular flexibility index (Phi) is 6.11. The lowest BCUT2D eigenvalue weighted by Crippen LogP contribution is -2.28. The summed E-state index contributed by atoms with van der Waals surface area (Å²) in [6, 6.07) is 6.88. The van der Waals surface area contributed by atoms with Crippen molar-refractivity contribution in [2.24, 2.45) is 5.92 Å². The number of nitrogens with one attached hydrogen (secondary N) is 1. The molecule has 0 heterocycles. The average molecular weight is 301 g/mol. The van der Waals surface area contributed by atoms with Crippen molar-refractivity contribution in [2.45, 2.75) is 32.1 Å². The summed E-state index contributed by atoms with van der Waals surface area (Å²) in [7, 11) is 0. The number of carboxylic acid groups (broad SMARTS) is 1. The van der Waals surface area contributed by atoms with Gasteiger partial charge in [0.2, 0.25) is 5.91 Å². The van der Waals surface area contributed by atoms with Crippen LogP contribution in [-0.2, 0) is 15.0 Å². The lowest BCUT2D eigenvalue weighted by Gasteiger charge is -2.20. The fourth-order valence-electron chi connectivity index (χ4n) is 2.05. The summed E-state index contributed by atoms with van der Waals surface area (Å²) in [5.74, 6) is -1.17. The molecule has 118 valence electrons. The number of benzene rings is 1. The van der Waals surface area contributed by atoms with Crippen molar-refractivity contribution in [3.63, 3.8) is 0 Å². The second-order valence-corrected chi connectivity index (χ2v) is 5.74. The molecule has 0 unspecified atom stereocenters. The quantitative estimate of drug-likeness (QED) is 0.718. The van der Waals surface area contributed by atoms with E-state index in [-0.39, 0.29) is 11.8 Å². The standard InChI is InChI=1S/C18H23NO3/c1-5-7-13(8-6-2)16(20)19-15-11-9-14(10-12-15)18(3,4)17(21)22/h5-6,9-13H,1-2,7-8H2,3-4H3,(H,19,20)(H,21,22). The van der Waals surface area contributed by atoms with Gasteiger partial charge in [-0.15, -0.1) is 13.2 Å². The molecule has 0 radical (unpaired) electrons. The first-order valence-electron chi connectivity index (χ1n) is 7.19. The SMILES string of the molecule is C=CCC(CC=C)C(=O)Nc1ccc(C(C)(C)C(=O)O)cc1. The van der Waals surface area contributed by atoms with Gasteiger partial charge in [-0.05, 0) is 44.4 Å². The van der Waals surface area contributed by atoms with Gasteiger partial charge in [-0.2, -0.15) is 0 Å². The molecule has 0 aliphatic heterocycles. The van der Waals surface area contributed by atoms with Crippen LogP contribution in [0.25, 0.3) is 0 Å². The molecule has 0 aliphatic carbocycles. The van der Waals surface area contributed by atoms with E-state index in [1.165, 1.54) is 0 Å². The van der Waals surface area contributed by atoms with E-state index in [1.54, 1.807) is 50.3 Å². The number of aliphatic carboxylic acids is 1. The third kappa shape index (κ3) is 4.32. The molecule has 0 fully saturated rings. The second kappa shape index (κ2) is 7.59. The highest BCUT2D eigenvalue weighted by atomic mass is 16.4. The molecule has 0 spiro atoms. The predicted molar refractivity (Wildman–Crippen MR) is 88.9 cm³/mol. The van der Waals surface area contributed by atoms with E-state index in [0.29, 0.717) is 24.1 Å². The van der Waals surface area contributed by atoms with Crippen LogP contribution < -0.4 is 5.32 Å². The summed E-state index contributed by atoms with van der Waals surface area (Å²) >= 11 is 0. The number of anilines is 1. The van der Waals surface area contributed by atoms with Gasteiger partial charge in [-0.3, -0.25) is 9.59 Å². The maximum atomic E-state index is 12.2. The average Bonchev–Trinajstić information content (AvgIpc) is 2.47. The van der Waals surface area contributed by atoms with Crippen LogP contribution in [0.15, 0.2) is 49.6 Å². The number of rotatable bonds is 8. The monoisotopic (exact) mass is 301 g/mol. The van der Waals surface area contributed by atoms with Crippen molar-refractivity contribution < 1.29 is 14.7 Å². The van der Waals surface area contributed by atoms with Crippen LogP contribution in [0.5, 0.6) is 0 Å². The number of carbonyl (C=O) groups is 2. The maximum absolute atomic E-state index is 12.2. The van der Waals surface area contributed by atoms with Gasteiger partial charge in [0.15, 0.2) is 0 Å². The van der Waals surface area contributed by atoms with Gasteiger partial charge < -0.3 is 10.4 Å². The van der Waals surface area contributed by atoms with Gasteiger partial charge in [0.1, 0.15) is 0 Å². The Morgan fingerprint density at radius 1 is 1.18 bits per heavy atom. The minimum atomic E-state index is -0.962. The maximum Gasteiger partial charge on any atom is 0.313 e. The van der Waals surface area contributed by atoms with E-state index in [9.17, 15) is 14.7 Å². The molecule has 22 heavy (non-hydrogen) atoms. The van der Waals surface area contributed by atoms with E-state index < -0.39 is 11.4 Å². The van der Waals surface area contributed by atoms with Gasteiger partial charge in [-0.1, -0.05) is 24.3 Å². The largest absolute Gasteiger partial charge is 0.481 e. The molecule has 4 heteroatoms. The molecule has 1 amide bonds. The number of hydrogen-bond donors (Lipinski definition) is 2. The van der Waals surface area contributed by atoms with E-state index in [1.807, 2.05) is 0 Å². The van der Waals surface area contributed by atoms with Gasteiger partial charge in [0, 0.05) is 11.6 Å². The molecule has 0 bridgehead atoms. The first-order chi connectivity index (χ1) is 10.3. The fourth-order valence-corrected chi connectivity index (χ4v) is 2.05. The number of hydrogen-bond acceptors (Lipinski definition) is 2. The number of carboxylic acids is 1. The van der Waals surface area contributed by atoms with Crippen molar-refractivity contribution in [1.29, 1.82) is 0 Å². The van der Waals surface area contributed by atoms with E-state index in [2.05, 4.69) is 18.5 Å². The van der Waals surface area contributed by atoms with Crippen LogP contribution in [0.1, 0.15) is 32.3 Å². The first kappa shape index (κ1) is 17.7. The molecule has 0 aromatic heterocycles. The number of allylic oxidation sites excluding steroid dienone is 2. The van der Waals surface area contributed by atoms with Gasteiger partial charge in [-0.25, -0.2) is 0 Å². The minimum absolute atomic E-state index is 0.0926. The summed E-state index contributed by atoms with van der Waals surface area (Å²) in [4.78, 5) is 23.4. The third-order valence-electron chi connectivity index (χ3n) is 3.68. The zero-order valence-corrected chi connectivity index (χ0v) is 13.1. The van der Waals surface area contributed by atoms with E-state index >= 15 is 0 Å². The van der Waals surface area contributed by atoms with Crippen molar-refractivity contribution in [3.8, 4) is 0 Å². The molecular weight excluding hydrogens is 278 g/mol. The zero-order chi connectivity index (χ0) is 16.8. The lowest BCUT2D eigenvalue weighted by molar-refractivity contribution is -0.142. The molecule has 0 aliphatic rings. The van der Waals surface area contributed by atoms with Crippen molar-refractivity contribution in [3.05, 3.63) is 55.1 Å². The minimum Gasteiger partial charge on any atom is -0.481 e. The van der Waals surface area contributed by atoms with Crippen molar-refractivity contribution in [1.82, 2.24) is 0 Å². The van der Waals surface area contributed by atoms with E-state index in [0.717, 1.165) is 0 Å². The second-order valence-electron chi connectivity index (χ2n) is 5.74. The summed E-state index contributed by atoms with van der Waals surface area (Å²) in [5.41, 5.74) is 0.372. The topological polar surface area (TPSA) is 66.4 Å². The van der Waals surface area contributed by atoms with Gasteiger partial charge >= 0.3 is 5.97 Å². The van der Waals surface area contributed by atoms with Crippen LogP contribution in [0.4, 0.5) is 5.69 Å². The molecule has 0 atom stereocenters. The highest BCUT2D eigenvalue weighted by molar-refractivity contribution is 5.92. The molecule has 1 aromatic rings. The Morgan fingerprint density at radius 2 is 1.68 bits per heavy atom. The molecule has 0 saturated heterocycles. The molecular formula is C18H23NO3. The summed E-state index contributed by atoms with van der Waals surface area (Å²) in [6.45, 7) is 10.6. The van der Waals surface area contributed by atoms with Crippen LogP contribution >= 0.6 is 0 Å². The highest BCUT2D eigenvalue weighted by Crippen LogP contribution is 2.25. The summed E-state index contributed by atoms with van der Waals surface area (Å²) in [6.07, 6.45) is 4.60. The van der Waals surface area contributed by atoms with Crippen LogP contribution in [0.3, 0.4) is 0 Å². The molecule has 2 N–H and O–H groups in total.